The number of esters is 1. The highest BCUT2D eigenvalue weighted by Crippen LogP contribution is 2.38. The van der Waals surface area contributed by atoms with Gasteiger partial charge in [0.1, 0.15) is 0 Å². The molecule has 146 valence electrons. The van der Waals surface area contributed by atoms with E-state index in [1.54, 1.807) is 32.1 Å². The van der Waals surface area contributed by atoms with Crippen molar-refractivity contribution in [3.05, 3.63) is 27.1 Å². The van der Waals surface area contributed by atoms with E-state index < -0.39 is 5.97 Å². The summed E-state index contributed by atoms with van der Waals surface area (Å²) in [6, 6.07) is 3.34. The Bertz CT molecular complexity index is 779. The Morgan fingerprint density at radius 3 is 2.44 bits per heavy atom. The van der Waals surface area contributed by atoms with E-state index in [0.717, 1.165) is 11.8 Å². The molecule has 27 heavy (non-hydrogen) atoms. The maximum atomic E-state index is 12.3. The third kappa shape index (κ3) is 5.26. The molecule has 0 bridgehead atoms. The van der Waals surface area contributed by atoms with Crippen LogP contribution in [0.4, 0.5) is 4.79 Å². The van der Waals surface area contributed by atoms with Gasteiger partial charge >= 0.3 is 5.97 Å². The molecule has 0 N–H and O–H groups in total. The number of thioether (sulfide) groups is 1. The molecule has 2 rings (SSSR count). The van der Waals surface area contributed by atoms with Crippen LogP contribution in [-0.2, 0) is 14.3 Å². The van der Waals surface area contributed by atoms with Gasteiger partial charge in [-0.1, -0.05) is 15.9 Å². The highest BCUT2D eigenvalue weighted by molar-refractivity contribution is 9.10. The summed E-state index contributed by atoms with van der Waals surface area (Å²) in [4.78, 5) is 37.2. The zero-order valence-corrected chi connectivity index (χ0v) is 17.6. The topological polar surface area (TPSA) is 82.1 Å². The van der Waals surface area contributed by atoms with E-state index in [-0.39, 0.29) is 24.4 Å². The molecule has 2 amide bonds. The standard InChI is InChI=1S/C18H20BrNO6S/c1-4-20-17(22)15(27-18(20)23)8-11-7-13(24-5-2)14(9-12(11)19)26-10-16(21)25-6-3/h7-9H,4-6,10H2,1-3H3. The number of ether oxygens (including phenoxy) is 3. The maximum Gasteiger partial charge on any atom is 0.344 e. The number of halogens is 1. The molecule has 0 aromatic heterocycles. The number of carbonyl (C=O) groups excluding carboxylic acids is 3. The summed E-state index contributed by atoms with van der Waals surface area (Å²) in [7, 11) is 0. The number of imide groups is 1. The molecule has 1 aromatic rings. The molecule has 0 spiro atoms. The molecule has 1 aliphatic heterocycles. The fourth-order valence-electron chi connectivity index (χ4n) is 2.30. The van der Waals surface area contributed by atoms with Crippen molar-refractivity contribution in [2.45, 2.75) is 20.8 Å². The molecule has 1 saturated heterocycles. The van der Waals surface area contributed by atoms with Crippen molar-refractivity contribution in [3.63, 3.8) is 0 Å². The highest BCUT2D eigenvalue weighted by Gasteiger charge is 2.33. The second-order valence-electron chi connectivity index (χ2n) is 5.27. The first kappa shape index (κ1) is 21.3. The Kier molecular flexibility index (Phi) is 7.73. The van der Waals surface area contributed by atoms with Crippen molar-refractivity contribution in [2.75, 3.05) is 26.4 Å². The second-order valence-corrected chi connectivity index (χ2v) is 7.12. The minimum atomic E-state index is -0.478. The summed E-state index contributed by atoms with van der Waals surface area (Å²) in [5.41, 5.74) is 0.656. The first-order chi connectivity index (χ1) is 12.9. The molecule has 1 fully saturated rings. The van der Waals surface area contributed by atoms with E-state index in [2.05, 4.69) is 15.9 Å². The number of rotatable bonds is 8. The average molecular weight is 458 g/mol. The van der Waals surface area contributed by atoms with Gasteiger partial charge in [0.15, 0.2) is 18.1 Å². The van der Waals surface area contributed by atoms with Crippen LogP contribution in [0.25, 0.3) is 6.08 Å². The number of hydrogen-bond donors (Lipinski definition) is 0. The van der Waals surface area contributed by atoms with Crippen LogP contribution in [0.5, 0.6) is 11.5 Å². The number of amides is 2. The molecule has 9 heteroatoms. The lowest BCUT2D eigenvalue weighted by Crippen LogP contribution is -2.27. The monoisotopic (exact) mass is 457 g/mol. The summed E-state index contributed by atoms with van der Waals surface area (Å²) in [5.74, 6) is -0.00468. The molecular formula is C18H20BrNO6S. The molecule has 1 heterocycles. The fourth-order valence-corrected chi connectivity index (χ4v) is 3.63. The molecule has 0 unspecified atom stereocenters. The smallest absolute Gasteiger partial charge is 0.344 e. The predicted molar refractivity (Wildman–Crippen MR) is 106 cm³/mol. The van der Waals surface area contributed by atoms with Crippen LogP contribution in [0.3, 0.4) is 0 Å². The lowest BCUT2D eigenvalue weighted by atomic mass is 10.2. The van der Waals surface area contributed by atoms with Crippen LogP contribution in [0.15, 0.2) is 21.5 Å². The van der Waals surface area contributed by atoms with Crippen molar-refractivity contribution in [3.8, 4) is 11.5 Å². The summed E-state index contributed by atoms with van der Waals surface area (Å²) < 4.78 is 16.6. The van der Waals surface area contributed by atoms with E-state index in [9.17, 15) is 14.4 Å². The van der Waals surface area contributed by atoms with Gasteiger partial charge in [-0.25, -0.2) is 4.79 Å². The molecule has 1 aliphatic rings. The third-order valence-corrected chi connectivity index (χ3v) is 5.08. The average Bonchev–Trinajstić information content (AvgIpc) is 2.89. The summed E-state index contributed by atoms with van der Waals surface area (Å²) in [5, 5.41) is -0.288. The van der Waals surface area contributed by atoms with Gasteiger partial charge in [0.05, 0.1) is 18.1 Å². The first-order valence-electron chi connectivity index (χ1n) is 8.41. The molecule has 7 nitrogen and oxygen atoms in total. The van der Waals surface area contributed by atoms with Crippen LogP contribution in [0, 0.1) is 0 Å². The number of benzene rings is 1. The number of carbonyl (C=O) groups is 3. The van der Waals surface area contributed by atoms with Gasteiger partial charge in [-0.05, 0) is 56.3 Å². The van der Waals surface area contributed by atoms with Gasteiger partial charge in [0.25, 0.3) is 11.1 Å². The minimum Gasteiger partial charge on any atom is -0.490 e. The number of likely N-dealkylation sites (N-methyl/N-ethyl adjacent to an activating group) is 1. The Labute approximate surface area is 170 Å². The minimum absolute atomic E-state index is 0.241. The van der Waals surface area contributed by atoms with Crippen molar-refractivity contribution in [1.82, 2.24) is 4.90 Å². The molecule has 1 aromatic carbocycles. The SMILES string of the molecule is CCOC(=O)COc1cc(Br)c(C=C2SC(=O)N(CC)C2=O)cc1OCC. The molecule has 0 saturated carbocycles. The highest BCUT2D eigenvalue weighted by atomic mass is 79.9. The van der Waals surface area contributed by atoms with E-state index >= 15 is 0 Å². The van der Waals surface area contributed by atoms with Crippen LogP contribution in [0.2, 0.25) is 0 Å². The van der Waals surface area contributed by atoms with Gasteiger partial charge in [-0.15, -0.1) is 0 Å². The third-order valence-electron chi connectivity index (χ3n) is 3.49. The largest absolute Gasteiger partial charge is 0.490 e. The molecule has 0 radical (unpaired) electrons. The van der Waals surface area contributed by atoms with E-state index in [0.29, 0.717) is 39.6 Å². The summed E-state index contributed by atoms with van der Waals surface area (Å²) in [6.07, 6.45) is 1.63. The van der Waals surface area contributed by atoms with Crippen LogP contribution in [0.1, 0.15) is 26.3 Å². The Morgan fingerprint density at radius 1 is 1.15 bits per heavy atom. The molecule has 0 aliphatic carbocycles. The Balaban J connectivity index is 2.29. The number of hydrogen-bond acceptors (Lipinski definition) is 7. The van der Waals surface area contributed by atoms with Crippen molar-refractivity contribution in [1.29, 1.82) is 0 Å². The van der Waals surface area contributed by atoms with Gasteiger partial charge in [0.2, 0.25) is 0 Å². The van der Waals surface area contributed by atoms with E-state index in [1.165, 1.54) is 4.90 Å². The first-order valence-corrected chi connectivity index (χ1v) is 10.0. The van der Waals surface area contributed by atoms with Gasteiger partial charge in [-0.3, -0.25) is 14.5 Å². The van der Waals surface area contributed by atoms with Crippen LogP contribution < -0.4 is 9.47 Å². The lowest BCUT2D eigenvalue weighted by molar-refractivity contribution is -0.145. The summed E-state index contributed by atoms with van der Waals surface area (Å²) >= 11 is 4.33. The van der Waals surface area contributed by atoms with E-state index in [4.69, 9.17) is 14.2 Å². The van der Waals surface area contributed by atoms with Gasteiger partial charge in [-0.2, -0.15) is 0 Å². The van der Waals surface area contributed by atoms with Gasteiger partial charge < -0.3 is 14.2 Å². The second kappa shape index (κ2) is 9.80. The van der Waals surface area contributed by atoms with Crippen LogP contribution in [-0.4, -0.2) is 48.4 Å². The predicted octanol–water partition coefficient (Wildman–Crippen LogP) is 3.85. The Morgan fingerprint density at radius 2 is 1.85 bits per heavy atom. The quantitative estimate of drug-likeness (QED) is 0.432. The lowest BCUT2D eigenvalue weighted by Gasteiger charge is -2.14. The zero-order valence-electron chi connectivity index (χ0n) is 15.2. The van der Waals surface area contributed by atoms with Crippen LogP contribution >= 0.6 is 27.7 Å². The van der Waals surface area contributed by atoms with Crippen molar-refractivity contribution in [2.24, 2.45) is 0 Å². The normalized spacial score (nSPS) is 15.4. The fraction of sp³-hybridized carbons (Fsp3) is 0.389. The van der Waals surface area contributed by atoms with E-state index in [1.807, 2.05) is 6.92 Å². The zero-order chi connectivity index (χ0) is 20.0. The maximum absolute atomic E-state index is 12.3. The Hall–Kier alpha value is -2.00. The molecular weight excluding hydrogens is 438 g/mol. The van der Waals surface area contributed by atoms with Crippen molar-refractivity contribution >= 4 is 50.9 Å². The van der Waals surface area contributed by atoms with Crippen molar-refractivity contribution < 1.29 is 28.6 Å². The summed E-state index contributed by atoms with van der Waals surface area (Å²) in [6.45, 7) is 6.04. The number of nitrogens with zero attached hydrogens (tertiary/aromatic N) is 1. The van der Waals surface area contributed by atoms with Gasteiger partial charge in [0, 0.05) is 11.0 Å². The molecule has 0 atom stereocenters.